The normalized spacial score (nSPS) is 9.38. The Morgan fingerprint density at radius 2 is 2.23 bits per heavy atom. The van der Waals surface area contributed by atoms with Gasteiger partial charge in [0.2, 0.25) is 0 Å². The molecule has 13 heavy (non-hydrogen) atoms. The Labute approximate surface area is 81.7 Å². The number of hydrogen-bond acceptors (Lipinski definition) is 2. The van der Waals surface area contributed by atoms with E-state index in [0.29, 0.717) is 5.02 Å². The molecule has 0 aliphatic heterocycles. The zero-order chi connectivity index (χ0) is 9.68. The number of amides is 1. The van der Waals surface area contributed by atoms with Crippen LogP contribution in [0.2, 0.25) is 5.02 Å². The molecule has 1 aromatic rings. The van der Waals surface area contributed by atoms with Crippen molar-refractivity contribution in [2.24, 2.45) is 0 Å². The van der Waals surface area contributed by atoms with E-state index < -0.39 is 6.09 Å². The van der Waals surface area contributed by atoms with Crippen LogP contribution in [-0.2, 0) is 11.3 Å². The summed E-state index contributed by atoms with van der Waals surface area (Å²) >= 11 is 5.82. The molecule has 0 aliphatic rings. The molecule has 0 unspecified atom stereocenters. The first-order chi connectivity index (χ1) is 6.24. The molecule has 4 heteroatoms. The molecule has 0 fully saturated rings. The minimum atomic E-state index is -0.570. The molecule has 0 saturated heterocycles. The highest BCUT2D eigenvalue weighted by atomic mass is 35.5. The molecule has 0 aromatic heterocycles. The molecule has 1 radical (unpaired) electrons. The molecule has 1 rings (SSSR count). The van der Waals surface area contributed by atoms with Crippen LogP contribution in [0, 0.1) is 7.05 Å². The van der Waals surface area contributed by atoms with Gasteiger partial charge in [-0.25, -0.2) is 4.79 Å². The Kier molecular flexibility index (Phi) is 3.58. The van der Waals surface area contributed by atoms with Crippen molar-refractivity contribution in [2.45, 2.75) is 6.61 Å². The van der Waals surface area contributed by atoms with Crippen molar-refractivity contribution >= 4 is 17.7 Å². The molecule has 69 valence electrons. The van der Waals surface area contributed by atoms with E-state index in [1.807, 2.05) is 12.1 Å². The van der Waals surface area contributed by atoms with E-state index in [0.717, 1.165) is 5.56 Å². The summed E-state index contributed by atoms with van der Waals surface area (Å²) in [6, 6.07) is 7.17. The maximum atomic E-state index is 10.7. The standard InChI is InChI=1S/C9H9ClNO2/c1-11-9(12)13-6-7-4-2-3-5-8(7)10/h2-5H,1,6H2,(H,11,12). The van der Waals surface area contributed by atoms with E-state index in [1.165, 1.54) is 0 Å². The summed E-state index contributed by atoms with van der Waals surface area (Å²) in [6.45, 7) is 0.154. The highest BCUT2D eigenvalue weighted by Gasteiger charge is 2.01. The lowest BCUT2D eigenvalue weighted by atomic mass is 10.2. The van der Waals surface area contributed by atoms with Crippen molar-refractivity contribution < 1.29 is 9.53 Å². The van der Waals surface area contributed by atoms with Gasteiger partial charge in [-0.1, -0.05) is 29.8 Å². The van der Waals surface area contributed by atoms with Gasteiger partial charge in [0.25, 0.3) is 0 Å². The molecule has 3 nitrogen and oxygen atoms in total. The van der Waals surface area contributed by atoms with Crippen molar-refractivity contribution in [1.82, 2.24) is 5.32 Å². The van der Waals surface area contributed by atoms with E-state index in [4.69, 9.17) is 16.3 Å². The van der Waals surface area contributed by atoms with Crippen LogP contribution in [0.3, 0.4) is 0 Å². The fourth-order valence-electron chi connectivity index (χ4n) is 0.810. The average molecular weight is 199 g/mol. The van der Waals surface area contributed by atoms with Crippen molar-refractivity contribution in [3.8, 4) is 0 Å². The molecule has 0 aliphatic carbocycles. The summed E-state index contributed by atoms with van der Waals surface area (Å²) < 4.78 is 4.76. The molecule has 0 bridgehead atoms. The van der Waals surface area contributed by atoms with Crippen LogP contribution < -0.4 is 5.32 Å². The third kappa shape index (κ3) is 2.95. The van der Waals surface area contributed by atoms with Crippen LogP contribution in [0.1, 0.15) is 5.56 Å². The number of hydrogen-bond donors (Lipinski definition) is 1. The van der Waals surface area contributed by atoms with E-state index in [-0.39, 0.29) is 6.61 Å². The zero-order valence-corrected chi connectivity index (χ0v) is 7.67. The largest absolute Gasteiger partial charge is 0.445 e. The van der Waals surface area contributed by atoms with Crippen molar-refractivity contribution in [3.63, 3.8) is 0 Å². The monoisotopic (exact) mass is 198 g/mol. The van der Waals surface area contributed by atoms with Crippen LogP contribution in [0.15, 0.2) is 24.3 Å². The van der Waals surface area contributed by atoms with Gasteiger partial charge in [-0.2, -0.15) is 0 Å². The average Bonchev–Trinajstić information content (AvgIpc) is 2.16. The van der Waals surface area contributed by atoms with Gasteiger partial charge in [0.05, 0.1) is 0 Å². The summed E-state index contributed by atoms with van der Waals surface area (Å²) in [4.78, 5) is 10.7. The Hall–Kier alpha value is -1.22. The molecule has 0 atom stereocenters. The van der Waals surface area contributed by atoms with Gasteiger partial charge in [0, 0.05) is 17.6 Å². The second-order valence-electron chi connectivity index (χ2n) is 2.34. The minimum absolute atomic E-state index is 0.154. The predicted octanol–water partition coefficient (Wildman–Crippen LogP) is 2.36. The van der Waals surface area contributed by atoms with Gasteiger partial charge in [0.15, 0.2) is 0 Å². The highest BCUT2D eigenvalue weighted by molar-refractivity contribution is 6.31. The lowest BCUT2D eigenvalue weighted by Gasteiger charge is -2.04. The molecular weight excluding hydrogens is 190 g/mol. The zero-order valence-electron chi connectivity index (χ0n) is 6.92. The maximum Gasteiger partial charge on any atom is 0.407 e. The van der Waals surface area contributed by atoms with Crippen LogP contribution >= 0.6 is 11.6 Å². The number of carbonyl (C=O) groups is 1. The molecule has 1 aromatic carbocycles. The first-order valence-corrected chi connectivity index (χ1v) is 4.05. The Bertz CT molecular complexity index is 301. The number of alkyl carbamates (subject to hydrolysis) is 1. The summed E-state index contributed by atoms with van der Waals surface area (Å²) in [6.07, 6.45) is -0.570. The van der Waals surface area contributed by atoms with Gasteiger partial charge >= 0.3 is 6.09 Å². The van der Waals surface area contributed by atoms with Crippen molar-refractivity contribution in [1.29, 1.82) is 0 Å². The first kappa shape index (κ1) is 9.86. The van der Waals surface area contributed by atoms with Crippen LogP contribution in [0.4, 0.5) is 4.79 Å². The third-order valence-electron chi connectivity index (χ3n) is 1.46. The molecule has 0 heterocycles. The number of carbonyl (C=O) groups excluding carboxylic acids is 1. The van der Waals surface area contributed by atoms with Gasteiger partial charge in [-0.15, -0.1) is 0 Å². The van der Waals surface area contributed by atoms with Gasteiger partial charge in [0.1, 0.15) is 6.61 Å². The summed E-state index contributed by atoms with van der Waals surface area (Å²) in [5, 5.41) is 2.68. The number of nitrogens with one attached hydrogen (secondary N) is 1. The Morgan fingerprint density at radius 1 is 1.54 bits per heavy atom. The number of rotatable bonds is 2. The lowest BCUT2D eigenvalue weighted by Crippen LogP contribution is -2.16. The maximum absolute atomic E-state index is 10.7. The number of ether oxygens (including phenoxy) is 1. The van der Waals surface area contributed by atoms with E-state index in [9.17, 15) is 4.79 Å². The van der Waals surface area contributed by atoms with Crippen molar-refractivity contribution in [2.75, 3.05) is 0 Å². The number of benzene rings is 1. The van der Waals surface area contributed by atoms with Crippen molar-refractivity contribution in [3.05, 3.63) is 41.9 Å². The Balaban J connectivity index is 2.54. The van der Waals surface area contributed by atoms with Crippen LogP contribution in [0.5, 0.6) is 0 Å². The van der Waals surface area contributed by atoms with E-state index in [2.05, 4.69) is 12.4 Å². The topological polar surface area (TPSA) is 38.3 Å². The second-order valence-corrected chi connectivity index (χ2v) is 2.75. The fraction of sp³-hybridized carbons (Fsp3) is 0.111. The smallest absolute Gasteiger partial charge is 0.407 e. The number of halogens is 1. The highest BCUT2D eigenvalue weighted by Crippen LogP contribution is 2.15. The molecule has 0 saturated carbocycles. The van der Waals surface area contributed by atoms with Crippen LogP contribution in [0.25, 0.3) is 0 Å². The fourth-order valence-corrected chi connectivity index (χ4v) is 1.00. The summed E-state index contributed by atoms with van der Waals surface area (Å²) in [5.74, 6) is 0. The second kappa shape index (κ2) is 4.72. The SMILES string of the molecule is [CH2]NC(=O)OCc1ccccc1Cl. The summed E-state index contributed by atoms with van der Waals surface area (Å²) in [5.41, 5.74) is 0.771. The predicted molar refractivity (Wildman–Crippen MR) is 50.1 cm³/mol. The molecule has 0 spiro atoms. The molecular formula is C9H9ClNO2. The van der Waals surface area contributed by atoms with Gasteiger partial charge in [-0.3, -0.25) is 0 Å². The van der Waals surface area contributed by atoms with Gasteiger partial charge in [-0.05, 0) is 6.07 Å². The van der Waals surface area contributed by atoms with Gasteiger partial charge < -0.3 is 10.1 Å². The van der Waals surface area contributed by atoms with E-state index >= 15 is 0 Å². The minimum Gasteiger partial charge on any atom is -0.445 e. The van der Waals surface area contributed by atoms with E-state index in [1.54, 1.807) is 12.1 Å². The third-order valence-corrected chi connectivity index (χ3v) is 1.83. The molecule has 1 amide bonds. The lowest BCUT2D eigenvalue weighted by molar-refractivity contribution is 0.143. The molecule has 1 N–H and O–H groups in total. The first-order valence-electron chi connectivity index (χ1n) is 3.67. The Morgan fingerprint density at radius 3 is 2.85 bits per heavy atom. The summed E-state index contributed by atoms with van der Waals surface area (Å²) in [7, 11) is 3.16. The van der Waals surface area contributed by atoms with Crippen LogP contribution in [-0.4, -0.2) is 6.09 Å². The quantitative estimate of drug-likeness (QED) is 0.792.